The molecule has 2 rings (SSSR count). The third-order valence-electron chi connectivity index (χ3n) is 2.78. The second-order valence-corrected chi connectivity index (χ2v) is 4.96. The van der Waals surface area contributed by atoms with Gasteiger partial charge in [-0.2, -0.15) is 0 Å². The molecular weight excluding hydrogens is 248 g/mol. The van der Waals surface area contributed by atoms with E-state index in [4.69, 9.17) is 0 Å². The highest BCUT2D eigenvalue weighted by atomic mass is 32.1. The third-order valence-corrected chi connectivity index (χ3v) is 3.79. The molecule has 3 nitrogen and oxygen atoms in total. The highest BCUT2D eigenvalue weighted by Gasteiger charge is 2.10. The molecule has 0 amide bonds. The Balaban J connectivity index is 2.03. The largest absolute Gasteiger partial charge is 0.469 e. The molecule has 1 aromatic heterocycles. The Morgan fingerprint density at radius 1 is 1.22 bits per heavy atom. The molecule has 1 heterocycles. The number of ketones is 1. The molecule has 0 saturated carbocycles. The molecule has 0 N–H and O–H groups in total. The van der Waals surface area contributed by atoms with Gasteiger partial charge in [0, 0.05) is 17.5 Å². The number of carbonyl (C=O) groups is 2. The third kappa shape index (κ3) is 2.96. The smallest absolute Gasteiger partial charge is 0.305 e. The van der Waals surface area contributed by atoms with E-state index in [1.165, 1.54) is 12.5 Å². The summed E-state index contributed by atoms with van der Waals surface area (Å²) in [5.74, 6) is -0.265. The van der Waals surface area contributed by atoms with Crippen LogP contribution in [0.15, 0.2) is 29.6 Å². The zero-order valence-electron chi connectivity index (χ0n) is 10.1. The number of carbonyl (C=O) groups excluding carboxylic acids is 2. The van der Waals surface area contributed by atoms with E-state index >= 15 is 0 Å². The number of thiophene rings is 1. The molecule has 2 aromatic rings. The van der Waals surface area contributed by atoms with Crippen LogP contribution in [0.3, 0.4) is 0 Å². The van der Waals surface area contributed by atoms with Gasteiger partial charge in [0.15, 0.2) is 0 Å². The van der Waals surface area contributed by atoms with Crippen LogP contribution in [0.1, 0.15) is 18.4 Å². The first-order valence-corrected chi connectivity index (χ1v) is 6.62. The van der Waals surface area contributed by atoms with Crippen molar-refractivity contribution in [3.05, 3.63) is 35.2 Å². The number of fused-ring (bicyclic) bond motifs is 1. The van der Waals surface area contributed by atoms with Gasteiger partial charge in [0.05, 0.1) is 13.5 Å². The summed E-state index contributed by atoms with van der Waals surface area (Å²) in [7, 11) is 1.33. The number of hydrogen-bond acceptors (Lipinski definition) is 4. The number of esters is 1. The number of benzene rings is 1. The van der Waals surface area contributed by atoms with E-state index in [2.05, 4.69) is 4.74 Å². The van der Waals surface area contributed by atoms with Crippen molar-refractivity contribution in [3.8, 4) is 0 Å². The minimum atomic E-state index is -0.335. The average molecular weight is 262 g/mol. The summed E-state index contributed by atoms with van der Waals surface area (Å²) in [6, 6.07) is 8.00. The van der Waals surface area contributed by atoms with Crippen molar-refractivity contribution < 1.29 is 14.3 Å². The fourth-order valence-corrected chi connectivity index (χ4v) is 2.75. The second-order valence-electron chi connectivity index (χ2n) is 4.05. The van der Waals surface area contributed by atoms with Crippen molar-refractivity contribution in [2.45, 2.75) is 19.3 Å². The highest BCUT2D eigenvalue weighted by molar-refractivity contribution is 7.17. The average Bonchev–Trinajstić information content (AvgIpc) is 2.85. The molecule has 1 aromatic carbocycles. The lowest BCUT2D eigenvalue weighted by Crippen LogP contribution is -2.07. The summed E-state index contributed by atoms with van der Waals surface area (Å²) in [6.07, 6.45) is 0.791. The number of ether oxygens (including phenoxy) is 1. The second kappa shape index (κ2) is 5.78. The van der Waals surface area contributed by atoms with Crippen molar-refractivity contribution in [1.29, 1.82) is 0 Å². The van der Waals surface area contributed by atoms with E-state index in [-0.39, 0.29) is 24.6 Å². The molecule has 0 aliphatic heterocycles. The lowest BCUT2D eigenvalue weighted by Gasteiger charge is -2.02. The van der Waals surface area contributed by atoms with Gasteiger partial charge in [0.25, 0.3) is 0 Å². The van der Waals surface area contributed by atoms with Gasteiger partial charge in [-0.1, -0.05) is 18.2 Å². The molecule has 0 radical (unpaired) electrons. The van der Waals surface area contributed by atoms with Crippen molar-refractivity contribution in [3.63, 3.8) is 0 Å². The van der Waals surface area contributed by atoms with Crippen LogP contribution in [0.2, 0.25) is 0 Å². The van der Waals surface area contributed by atoms with Crippen LogP contribution in [-0.2, 0) is 20.7 Å². The maximum absolute atomic E-state index is 11.8. The van der Waals surface area contributed by atoms with Crippen molar-refractivity contribution >= 4 is 33.2 Å². The summed E-state index contributed by atoms with van der Waals surface area (Å²) in [5.41, 5.74) is 1.04. The number of hydrogen-bond donors (Lipinski definition) is 0. The van der Waals surface area contributed by atoms with Crippen molar-refractivity contribution in [2.75, 3.05) is 7.11 Å². The van der Waals surface area contributed by atoms with Gasteiger partial charge in [-0.25, -0.2) is 0 Å². The fourth-order valence-electron chi connectivity index (χ4n) is 1.84. The lowest BCUT2D eigenvalue weighted by atomic mass is 10.0. The van der Waals surface area contributed by atoms with E-state index in [0.29, 0.717) is 6.42 Å². The highest BCUT2D eigenvalue weighted by Crippen LogP contribution is 2.25. The van der Waals surface area contributed by atoms with Gasteiger partial charge in [-0.05, 0) is 22.4 Å². The summed E-state index contributed by atoms with van der Waals surface area (Å²) < 4.78 is 5.68. The van der Waals surface area contributed by atoms with Gasteiger partial charge < -0.3 is 4.74 Å². The molecule has 0 saturated heterocycles. The normalized spacial score (nSPS) is 10.5. The number of methoxy groups -OCH3 is 1. The van der Waals surface area contributed by atoms with Crippen LogP contribution in [0.4, 0.5) is 0 Å². The van der Waals surface area contributed by atoms with Gasteiger partial charge in [0.2, 0.25) is 0 Å². The Labute approximate surface area is 109 Å². The van der Waals surface area contributed by atoms with Crippen molar-refractivity contribution in [1.82, 2.24) is 0 Å². The molecule has 0 atom stereocenters. The number of rotatable bonds is 5. The van der Waals surface area contributed by atoms with Crippen LogP contribution in [0.25, 0.3) is 10.1 Å². The molecular formula is C14H14O3S. The fraction of sp³-hybridized carbons (Fsp3) is 0.286. The predicted octanol–water partition coefficient (Wildman–Crippen LogP) is 2.97. The maximum atomic E-state index is 11.8. The molecule has 4 heteroatoms. The molecule has 0 unspecified atom stereocenters. The van der Waals surface area contributed by atoms with E-state index in [0.717, 1.165) is 10.3 Å². The van der Waals surface area contributed by atoms with Gasteiger partial charge in [-0.3, -0.25) is 9.59 Å². The molecule has 0 bridgehead atoms. The lowest BCUT2D eigenvalue weighted by molar-refractivity contribution is -0.141. The standard InChI is InChI=1S/C14H14O3S/c1-17-13(16)6-5-12(15)9-11-4-2-3-10-7-8-18-14(10)11/h2-4,7-8H,5-6,9H2,1H3. The SMILES string of the molecule is COC(=O)CCC(=O)Cc1cccc2ccsc12. The summed E-state index contributed by atoms with van der Waals surface area (Å²) >= 11 is 1.64. The zero-order chi connectivity index (χ0) is 13.0. The van der Waals surface area contributed by atoms with Gasteiger partial charge >= 0.3 is 5.97 Å². The topological polar surface area (TPSA) is 43.4 Å². The molecule has 94 valence electrons. The number of Topliss-reactive ketones (excluding diaryl/α,β-unsaturated/α-hetero) is 1. The van der Waals surface area contributed by atoms with Crippen LogP contribution in [-0.4, -0.2) is 18.9 Å². The molecule has 0 aliphatic rings. The minimum absolute atomic E-state index is 0.0706. The summed E-state index contributed by atoms with van der Waals surface area (Å²) in [5, 5.41) is 3.19. The Morgan fingerprint density at radius 2 is 2.06 bits per heavy atom. The Morgan fingerprint density at radius 3 is 2.83 bits per heavy atom. The summed E-state index contributed by atoms with van der Waals surface area (Å²) in [6.45, 7) is 0. The van der Waals surface area contributed by atoms with Crippen LogP contribution in [0.5, 0.6) is 0 Å². The monoisotopic (exact) mass is 262 g/mol. The van der Waals surface area contributed by atoms with Crippen molar-refractivity contribution in [2.24, 2.45) is 0 Å². The molecule has 18 heavy (non-hydrogen) atoms. The van der Waals surface area contributed by atoms with Crippen LogP contribution < -0.4 is 0 Å². The molecule has 0 fully saturated rings. The minimum Gasteiger partial charge on any atom is -0.469 e. The van der Waals surface area contributed by atoms with E-state index in [1.54, 1.807) is 11.3 Å². The Kier molecular flexibility index (Phi) is 4.10. The van der Waals surface area contributed by atoms with Gasteiger partial charge in [0.1, 0.15) is 5.78 Å². The molecule has 0 aliphatic carbocycles. The predicted molar refractivity (Wildman–Crippen MR) is 71.8 cm³/mol. The first kappa shape index (κ1) is 12.8. The van der Waals surface area contributed by atoms with E-state index in [9.17, 15) is 9.59 Å². The van der Waals surface area contributed by atoms with E-state index in [1.807, 2.05) is 29.6 Å². The first-order valence-electron chi connectivity index (χ1n) is 5.74. The Hall–Kier alpha value is -1.68. The first-order chi connectivity index (χ1) is 8.70. The molecule has 0 spiro atoms. The zero-order valence-corrected chi connectivity index (χ0v) is 11.0. The van der Waals surface area contributed by atoms with Crippen LogP contribution >= 0.6 is 11.3 Å². The maximum Gasteiger partial charge on any atom is 0.305 e. The van der Waals surface area contributed by atoms with E-state index < -0.39 is 0 Å². The van der Waals surface area contributed by atoms with Crippen LogP contribution in [0, 0.1) is 0 Å². The summed E-state index contributed by atoms with van der Waals surface area (Å²) in [4.78, 5) is 22.8. The van der Waals surface area contributed by atoms with Gasteiger partial charge in [-0.15, -0.1) is 11.3 Å². The quantitative estimate of drug-likeness (QED) is 0.778. The Bertz CT molecular complexity index is 571.